The van der Waals surface area contributed by atoms with Crippen LogP contribution in [0.3, 0.4) is 0 Å². The van der Waals surface area contributed by atoms with E-state index < -0.39 is 20.6 Å². The molecule has 0 spiro atoms. The van der Waals surface area contributed by atoms with Gasteiger partial charge in [-0.15, -0.1) is 0 Å². The lowest BCUT2D eigenvalue weighted by Crippen LogP contribution is -2.44. The first-order chi connectivity index (χ1) is 11.1. The van der Waals surface area contributed by atoms with Crippen molar-refractivity contribution < 1.29 is 13.9 Å². The van der Waals surface area contributed by atoms with Crippen LogP contribution in [0.2, 0.25) is 18.1 Å². The number of anilines is 1. The molecule has 1 aliphatic heterocycles. The normalized spacial score (nSPS) is 18.7. The van der Waals surface area contributed by atoms with Gasteiger partial charge >= 0.3 is 0 Å². The molecule has 1 N–H and O–H groups in total. The fraction of sp³-hybridized carbons (Fsp3) is 0.765. The van der Waals surface area contributed by atoms with Crippen LogP contribution in [0.4, 0.5) is 10.3 Å². The van der Waals surface area contributed by atoms with Gasteiger partial charge in [0.05, 0.1) is 18.9 Å². The maximum Gasteiger partial charge on any atom is 0.225 e. The second-order valence-electron chi connectivity index (χ2n) is 8.19. The number of nitrogens with zero attached hydrogens (tertiary/aromatic N) is 3. The number of piperidine rings is 1. The number of hydrogen-bond acceptors (Lipinski definition) is 5. The van der Waals surface area contributed by atoms with E-state index in [1.54, 1.807) is 6.20 Å². The molecular weight excluding hydrogens is 325 g/mol. The molecule has 0 unspecified atom stereocenters. The van der Waals surface area contributed by atoms with Gasteiger partial charge in [0.15, 0.2) is 8.32 Å². The summed E-state index contributed by atoms with van der Waals surface area (Å²) in [5, 5.41) is 9.28. The van der Waals surface area contributed by atoms with E-state index in [9.17, 15) is 4.39 Å². The minimum absolute atomic E-state index is 0.157. The van der Waals surface area contributed by atoms with Crippen molar-refractivity contribution >= 4 is 14.3 Å². The molecule has 1 aromatic heterocycles. The van der Waals surface area contributed by atoms with Gasteiger partial charge < -0.3 is 14.4 Å². The molecule has 1 fully saturated rings. The minimum atomic E-state index is -1.82. The van der Waals surface area contributed by atoms with Crippen molar-refractivity contribution in [1.82, 2.24) is 9.97 Å². The van der Waals surface area contributed by atoms with Gasteiger partial charge in [0.2, 0.25) is 5.95 Å². The molecule has 0 amide bonds. The maximum atomic E-state index is 14.1. The first kappa shape index (κ1) is 19.3. The van der Waals surface area contributed by atoms with Crippen molar-refractivity contribution in [2.45, 2.75) is 64.0 Å². The summed E-state index contributed by atoms with van der Waals surface area (Å²) >= 11 is 0. The van der Waals surface area contributed by atoms with Crippen molar-refractivity contribution in [2.75, 3.05) is 24.6 Å². The number of aromatic nitrogens is 2. The Kier molecular flexibility index (Phi) is 5.67. The topological polar surface area (TPSA) is 58.5 Å². The average Bonchev–Trinajstić information content (AvgIpc) is 2.53. The zero-order chi connectivity index (χ0) is 18.0. The lowest BCUT2D eigenvalue weighted by molar-refractivity contribution is 0.0478. The highest BCUT2D eigenvalue weighted by atomic mass is 28.4. The number of aliphatic hydroxyl groups is 1. The summed E-state index contributed by atoms with van der Waals surface area (Å²) in [6, 6.07) is 1.87. The number of alkyl halides is 1. The first-order valence-corrected chi connectivity index (χ1v) is 11.5. The average molecular weight is 356 g/mol. The van der Waals surface area contributed by atoms with Crippen LogP contribution in [-0.2, 0) is 11.0 Å². The predicted molar refractivity (Wildman–Crippen MR) is 96.4 cm³/mol. The molecule has 136 valence electrons. The highest BCUT2D eigenvalue weighted by molar-refractivity contribution is 6.74. The summed E-state index contributed by atoms with van der Waals surface area (Å²) in [6.07, 6.45) is 2.34. The van der Waals surface area contributed by atoms with Crippen LogP contribution in [-0.4, -0.2) is 48.8 Å². The Morgan fingerprint density at radius 3 is 2.50 bits per heavy atom. The quantitative estimate of drug-likeness (QED) is 0.821. The third-order valence-corrected chi connectivity index (χ3v) is 9.79. The van der Waals surface area contributed by atoms with Crippen LogP contribution in [0.15, 0.2) is 12.3 Å². The first-order valence-electron chi connectivity index (χ1n) is 8.57. The van der Waals surface area contributed by atoms with E-state index in [0.717, 1.165) is 5.69 Å². The van der Waals surface area contributed by atoms with Crippen LogP contribution >= 0.6 is 0 Å². The third-order valence-electron chi connectivity index (χ3n) is 5.31. The van der Waals surface area contributed by atoms with Crippen molar-refractivity contribution in [1.29, 1.82) is 0 Å². The molecule has 0 bridgehead atoms. The van der Waals surface area contributed by atoms with E-state index in [-0.39, 0.29) is 5.04 Å². The molecule has 0 atom stereocenters. The molecule has 1 aromatic rings. The number of halogens is 1. The zero-order valence-corrected chi connectivity index (χ0v) is 16.5. The molecule has 1 saturated heterocycles. The summed E-state index contributed by atoms with van der Waals surface area (Å²) in [6.45, 7) is 12.2. The van der Waals surface area contributed by atoms with Gasteiger partial charge in [-0.05, 0) is 24.2 Å². The van der Waals surface area contributed by atoms with E-state index >= 15 is 0 Å². The van der Waals surface area contributed by atoms with E-state index in [1.165, 1.54) is 0 Å². The summed E-state index contributed by atoms with van der Waals surface area (Å²) in [5.41, 5.74) is -0.608. The SMILES string of the molecule is CC(C)(C)[Si](C)(C)OCc1ccnc(N2CCC(F)(CO)CC2)n1. The molecule has 2 rings (SSSR count). The second-order valence-corrected chi connectivity index (χ2v) is 13.0. The van der Waals surface area contributed by atoms with E-state index in [0.29, 0.717) is 38.5 Å². The molecule has 0 radical (unpaired) electrons. The monoisotopic (exact) mass is 355 g/mol. The molecular formula is C17H30FN3O2Si. The van der Waals surface area contributed by atoms with Crippen LogP contribution < -0.4 is 4.90 Å². The predicted octanol–water partition coefficient (Wildman–Crippen LogP) is 3.30. The lowest BCUT2D eigenvalue weighted by atomic mass is 9.94. The Hall–Kier alpha value is -1.05. The lowest BCUT2D eigenvalue weighted by Gasteiger charge is -2.36. The highest BCUT2D eigenvalue weighted by Gasteiger charge is 2.37. The molecule has 24 heavy (non-hydrogen) atoms. The Labute approximate surface area is 145 Å². The van der Waals surface area contributed by atoms with Gasteiger partial charge in [0.1, 0.15) is 5.67 Å². The fourth-order valence-electron chi connectivity index (χ4n) is 2.35. The third kappa shape index (κ3) is 4.52. The largest absolute Gasteiger partial charge is 0.411 e. The van der Waals surface area contributed by atoms with Gasteiger partial charge in [-0.1, -0.05) is 20.8 Å². The van der Waals surface area contributed by atoms with Crippen molar-refractivity contribution in [3.63, 3.8) is 0 Å². The molecule has 0 saturated carbocycles. The highest BCUT2D eigenvalue weighted by Crippen LogP contribution is 2.37. The minimum Gasteiger partial charge on any atom is -0.411 e. The smallest absolute Gasteiger partial charge is 0.225 e. The van der Waals surface area contributed by atoms with E-state index in [2.05, 4.69) is 43.8 Å². The standard InChI is InChI=1S/C17H30FN3O2Si/c1-16(2,3)24(4,5)23-12-14-6-9-19-15(20-14)21-10-7-17(18,13-22)8-11-21/h6,9,22H,7-8,10-13H2,1-5H3. The Morgan fingerprint density at radius 1 is 1.33 bits per heavy atom. The molecule has 2 heterocycles. The molecule has 1 aliphatic rings. The van der Waals surface area contributed by atoms with Crippen LogP contribution in [0.25, 0.3) is 0 Å². The summed E-state index contributed by atoms with van der Waals surface area (Å²) in [4.78, 5) is 10.9. The van der Waals surface area contributed by atoms with Crippen LogP contribution in [0.1, 0.15) is 39.3 Å². The van der Waals surface area contributed by atoms with E-state index in [4.69, 9.17) is 9.53 Å². The van der Waals surface area contributed by atoms with Crippen molar-refractivity contribution in [3.8, 4) is 0 Å². The number of aliphatic hydroxyl groups excluding tert-OH is 1. The van der Waals surface area contributed by atoms with Gasteiger partial charge in [-0.3, -0.25) is 0 Å². The van der Waals surface area contributed by atoms with Gasteiger partial charge in [0, 0.05) is 32.1 Å². The summed E-state index contributed by atoms with van der Waals surface area (Å²) < 4.78 is 20.3. The molecule has 0 aliphatic carbocycles. The summed E-state index contributed by atoms with van der Waals surface area (Å²) in [5.74, 6) is 0.617. The number of rotatable bonds is 5. The van der Waals surface area contributed by atoms with Gasteiger partial charge in [-0.2, -0.15) is 0 Å². The Bertz CT molecular complexity index is 555. The second kappa shape index (κ2) is 7.05. The number of hydrogen-bond donors (Lipinski definition) is 1. The summed E-state index contributed by atoms with van der Waals surface area (Å²) in [7, 11) is -1.82. The van der Waals surface area contributed by atoms with Crippen LogP contribution in [0.5, 0.6) is 0 Å². The Balaban J connectivity index is 2.00. The van der Waals surface area contributed by atoms with Crippen LogP contribution in [0, 0.1) is 0 Å². The molecule has 7 heteroatoms. The Morgan fingerprint density at radius 2 is 1.96 bits per heavy atom. The molecule has 0 aromatic carbocycles. The molecule has 5 nitrogen and oxygen atoms in total. The van der Waals surface area contributed by atoms with Crippen molar-refractivity contribution in [3.05, 3.63) is 18.0 Å². The van der Waals surface area contributed by atoms with Crippen molar-refractivity contribution in [2.24, 2.45) is 0 Å². The van der Waals surface area contributed by atoms with Gasteiger partial charge in [-0.25, -0.2) is 14.4 Å². The maximum absolute atomic E-state index is 14.1. The van der Waals surface area contributed by atoms with Gasteiger partial charge in [0.25, 0.3) is 0 Å². The van der Waals surface area contributed by atoms with E-state index in [1.807, 2.05) is 11.0 Å². The fourth-order valence-corrected chi connectivity index (χ4v) is 3.30. The zero-order valence-electron chi connectivity index (χ0n) is 15.5.